The average molecular weight is 575 g/mol. The molecule has 7 aromatic carbocycles. The first-order valence-corrected chi connectivity index (χ1v) is 16.1. The Bertz CT molecular complexity index is 2690. The molecular formula is C40H23BN2S. The van der Waals surface area contributed by atoms with Crippen LogP contribution in [0.5, 0.6) is 0 Å². The van der Waals surface area contributed by atoms with Crippen molar-refractivity contribution in [2.24, 2.45) is 0 Å². The van der Waals surface area contributed by atoms with E-state index in [1.807, 2.05) is 11.3 Å². The lowest BCUT2D eigenvalue weighted by Crippen LogP contribution is -2.56. The zero-order valence-corrected chi connectivity index (χ0v) is 24.5. The van der Waals surface area contributed by atoms with Gasteiger partial charge >= 0.3 is 6.85 Å². The molecule has 0 unspecified atom stereocenters. The van der Waals surface area contributed by atoms with E-state index in [1.165, 1.54) is 92.6 Å². The normalized spacial score (nSPS) is 13.4. The Balaban J connectivity index is 1.41. The highest BCUT2D eigenvalue weighted by atomic mass is 32.1. The van der Waals surface area contributed by atoms with Gasteiger partial charge in [-0.1, -0.05) is 109 Å². The lowest BCUT2D eigenvalue weighted by Gasteiger charge is -2.41. The quantitative estimate of drug-likeness (QED) is 0.177. The number of hydrogen-bond acceptors (Lipinski definition) is 2. The highest BCUT2D eigenvalue weighted by Gasteiger charge is 2.44. The van der Waals surface area contributed by atoms with Crippen LogP contribution in [0.3, 0.4) is 0 Å². The molecule has 0 radical (unpaired) electrons. The summed E-state index contributed by atoms with van der Waals surface area (Å²) in [6, 6.07) is 49.9. The second-order valence-corrected chi connectivity index (χ2v) is 13.0. The Kier molecular flexibility index (Phi) is 4.32. The summed E-state index contributed by atoms with van der Waals surface area (Å²) in [4.78, 5) is 2.61. The molecule has 0 saturated heterocycles. The van der Waals surface area contributed by atoms with Crippen molar-refractivity contribution < 1.29 is 0 Å². The number of nitrogens with zero attached hydrogens (tertiary/aromatic N) is 2. The lowest BCUT2D eigenvalue weighted by atomic mass is 9.44. The molecule has 4 heterocycles. The smallest absolute Gasteiger partial charge is 0.333 e. The molecule has 0 aliphatic carbocycles. The highest BCUT2D eigenvalue weighted by molar-refractivity contribution is 7.17. The molecule has 0 amide bonds. The van der Waals surface area contributed by atoms with Gasteiger partial charge in [0.2, 0.25) is 0 Å². The second kappa shape index (κ2) is 8.19. The van der Waals surface area contributed by atoms with Gasteiger partial charge in [0, 0.05) is 48.2 Å². The molecule has 4 heteroatoms. The van der Waals surface area contributed by atoms with Crippen LogP contribution in [0.4, 0.5) is 17.1 Å². The molecule has 2 aliphatic heterocycles. The molecule has 0 saturated carbocycles. The number of rotatable bonds is 1. The van der Waals surface area contributed by atoms with Crippen molar-refractivity contribution >= 4 is 99.6 Å². The third-order valence-corrected chi connectivity index (χ3v) is 10.9. The minimum atomic E-state index is 0.0485. The largest absolute Gasteiger partial charge is 0.375 e. The van der Waals surface area contributed by atoms with Crippen molar-refractivity contribution in [3.8, 4) is 11.1 Å². The van der Waals surface area contributed by atoms with Gasteiger partial charge in [-0.15, -0.1) is 11.3 Å². The maximum Gasteiger partial charge on any atom is 0.333 e. The molecule has 2 aliphatic rings. The van der Waals surface area contributed by atoms with Crippen LogP contribution in [-0.4, -0.2) is 11.3 Å². The number of aromatic nitrogens is 1. The molecule has 0 fully saturated rings. The zero-order valence-electron chi connectivity index (χ0n) is 23.7. The molecule has 2 nitrogen and oxygen atoms in total. The minimum Gasteiger partial charge on any atom is -0.375 e. The van der Waals surface area contributed by atoms with E-state index in [0.29, 0.717) is 0 Å². The zero-order chi connectivity index (χ0) is 28.5. The molecule has 0 spiro atoms. The molecule has 2 aromatic heterocycles. The Morgan fingerprint density at radius 2 is 1.25 bits per heavy atom. The van der Waals surface area contributed by atoms with Crippen LogP contribution in [0.1, 0.15) is 0 Å². The highest BCUT2D eigenvalue weighted by Crippen LogP contribution is 2.50. The van der Waals surface area contributed by atoms with Gasteiger partial charge in [0.15, 0.2) is 0 Å². The third kappa shape index (κ3) is 2.74. The standard InChI is InChI=1S/C40H23BN2S/c1-3-12-26-24(9-1)11-7-18-34(26)42-39-27-13-4-2-10-25(27)19-20-33(39)41-37-32(23-36-31(40(37)42)21-22-44-36)30-16-8-15-29-28-14-5-6-17-35(28)43(41)38(29)30/h1-23H. The Labute approximate surface area is 258 Å². The van der Waals surface area contributed by atoms with Crippen molar-refractivity contribution in [3.05, 3.63) is 139 Å². The molecule has 9 aromatic rings. The first kappa shape index (κ1) is 23.2. The van der Waals surface area contributed by atoms with Crippen LogP contribution in [-0.2, 0) is 0 Å². The van der Waals surface area contributed by atoms with Gasteiger partial charge in [-0.05, 0) is 56.9 Å². The number of fused-ring (bicyclic) bond motifs is 12. The Morgan fingerprint density at radius 3 is 2.16 bits per heavy atom. The first-order chi connectivity index (χ1) is 21.9. The van der Waals surface area contributed by atoms with E-state index in [-0.39, 0.29) is 6.85 Å². The fourth-order valence-corrected chi connectivity index (χ4v) is 9.14. The van der Waals surface area contributed by atoms with Crippen molar-refractivity contribution in [2.75, 3.05) is 4.90 Å². The monoisotopic (exact) mass is 574 g/mol. The van der Waals surface area contributed by atoms with E-state index in [0.717, 1.165) is 0 Å². The summed E-state index contributed by atoms with van der Waals surface area (Å²) in [5.74, 6) is 0. The van der Waals surface area contributed by atoms with E-state index < -0.39 is 0 Å². The summed E-state index contributed by atoms with van der Waals surface area (Å²) in [7, 11) is 0. The molecule has 202 valence electrons. The van der Waals surface area contributed by atoms with Gasteiger partial charge in [-0.25, -0.2) is 0 Å². The molecule has 44 heavy (non-hydrogen) atoms. The van der Waals surface area contributed by atoms with Crippen LogP contribution in [0, 0.1) is 0 Å². The van der Waals surface area contributed by atoms with Gasteiger partial charge in [0.1, 0.15) is 0 Å². The van der Waals surface area contributed by atoms with Crippen LogP contribution < -0.4 is 15.8 Å². The van der Waals surface area contributed by atoms with Crippen LogP contribution >= 0.6 is 11.3 Å². The van der Waals surface area contributed by atoms with E-state index >= 15 is 0 Å². The first-order valence-electron chi connectivity index (χ1n) is 15.2. The van der Waals surface area contributed by atoms with Gasteiger partial charge in [-0.2, -0.15) is 0 Å². The maximum absolute atomic E-state index is 2.65. The molecular weight excluding hydrogens is 551 g/mol. The molecule has 0 bridgehead atoms. The molecule has 0 N–H and O–H groups in total. The van der Waals surface area contributed by atoms with Crippen molar-refractivity contribution in [1.82, 2.24) is 4.48 Å². The van der Waals surface area contributed by atoms with Gasteiger partial charge in [-0.3, -0.25) is 0 Å². The fourth-order valence-electron chi connectivity index (χ4n) is 8.31. The van der Waals surface area contributed by atoms with Gasteiger partial charge in [0.25, 0.3) is 0 Å². The SMILES string of the molecule is c1ccc2c(N3c4c(ccc5ccccc45)B4c5c(cc6sccc6c53)-c3cccc5c6ccccc6n4c35)cccc2c1. The number of thiophene rings is 1. The number of hydrogen-bond donors (Lipinski definition) is 0. The lowest BCUT2D eigenvalue weighted by molar-refractivity contribution is 1.28. The third-order valence-electron chi connectivity index (χ3n) is 10.0. The Morgan fingerprint density at radius 1 is 0.523 bits per heavy atom. The van der Waals surface area contributed by atoms with E-state index in [9.17, 15) is 0 Å². The predicted octanol–water partition coefficient (Wildman–Crippen LogP) is 9.73. The average Bonchev–Trinajstić information content (AvgIpc) is 3.69. The number of benzene rings is 7. The summed E-state index contributed by atoms with van der Waals surface area (Å²) in [5.41, 5.74) is 11.9. The predicted molar refractivity (Wildman–Crippen MR) is 190 cm³/mol. The topological polar surface area (TPSA) is 8.17 Å². The van der Waals surface area contributed by atoms with Crippen LogP contribution in [0.15, 0.2) is 139 Å². The second-order valence-electron chi connectivity index (χ2n) is 12.1. The molecule has 0 atom stereocenters. The van der Waals surface area contributed by atoms with Crippen molar-refractivity contribution in [3.63, 3.8) is 0 Å². The summed E-state index contributed by atoms with van der Waals surface area (Å²) in [5, 5.41) is 11.3. The van der Waals surface area contributed by atoms with Crippen molar-refractivity contribution in [1.29, 1.82) is 0 Å². The van der Waals surface area contributed by atoms with Gasteiger partial charge < -0.3 is 9.38 Å². The molecule has 11 rings (SSSR count). The summed E-state index contributed by atoms with van der Waals surface area (Å²) in [6.07, 6.45) is 0. The van der Waals surface area contributed by atoms with E-state index in [2.05, 4.69) is 148 Å². The summed E-state index contributed by atoms with van der Waals surface area (Å²) < 4.78 is 3.98. The fraction of sp³-hybridized carbons (Fsp3) is 0. The van der Waals surface area contributed by atoms with Crippen LogP contribution in [0.2, 0.25) is 0 Å². The van der Waals surface area contributed by atoms with E-state index in [4.69, 9.17) is 0 Å². The van der Waals surface area contributed by atoms with Crippen molar-refractivity contribution in [2.45, 2.75) is 0 Å². The summed E-state index contributed by atoms with van der Waals surface area (Å²) in [6.45, 7) is 0.0485. The maximum atomic E-state index is 2.65. The summed E-state index contributed by atoms with van der Waals surface area (Å²) >= 11 is 1.84. The number of anilines is 3. The minimum absolute atomic E-state index is 0.0485. The number of para-hydroxylation sites is 2. The van der Waals surface area contributed by atoms with E-state index in [1.54, 1.807) is 0 Å². The van der Waals surface area contributed by atoms with Gasteiger partial charge in [0.05, 0.1) is 17.1 Å². The van der Waals surface area contributed by atoms with Crippen LogP contribution in [0.25, 0.3) is 64.6 Å². The Hall–Kier alpha value is -5.32.